The molecular weight excluding hydrogens is 188 g/mol. The van der Waals surface area contributed by atoms with Crippen LogP contribution in [0.25, 0.3) is 0 Å². The lowest BCUT2D eigenvalue weighted by Crippen LogP contribution is -2.47. The van der Waals surface area contributed by atoms with Gasteiger partial charge in [-0.15, -0.1) is 0 Å². The zero-order chi connectivity index (χ0) is 10.7. The Morgan fingerprint density at radius 2 is 1.73 bits per heavy atom. The molecule has 0 saturated carbocycles. The molecule has 2 rings (SSSR count). The lowest BCUT2D eigenvalue weighted by molar-refractivity contribution is 0.0240. The van der Waals surface area contributed by atoms with Crippen molar-refractivity contribution in [3.8, 4) is 0 Å². The number of hydrogen-bond donors (Lipinski definition) is 1. The average molecular weight is 212 g/mol. The molecule has 0 amide bonds. The third kappa shape index (κ3) is 2.92. The van der Waals surface area contributed by atoms with Crippen LogP contribution in [0.1, 0.15) is 32.6 Å². The van der Waals surface area contributed by atoms with E-state index < -0.39 is 0 Å². The highest BCUT2D eigenvalue weighted by molar-refractivity contribution is 4.82. The molecule has 2 N–H and O–H groups in total. The fourth-order valence-electron chi connectivity index (χ4n) is 2.82. The second kappa shape index (κ2) is 5.28. The van der Waals surface area contributed by atoms with Gasteiger partial charge in [0.2, 0.25) is 0 Å². The molecule has 0 spiro atoms. The van der Waals surface area contributed by atoms with Crippen LogP contribution in [0.2, 0.25) is 0 Å². The highest BCUT2D eigenvalue weighted by Gasteiger charge is 2.27. The molecule has 1 unspecified atom stereocenters. The van der Waals surface area contributed by atoms with E-state index in [1.807, 2.05) is 0 Å². The third-order valence-electron chi connectivity index (χ3n) is 4.10. The van der Waals surface area contributed by atoms with E-state index >= 15 is 0 Å². The molecule has 0 radical (unpaired) electrons. The lowest BCUT2D eigenvalue weighted by Gasteiger charge is -2.40. The summed E-state index contributed by atoms with van der Waals surface area (Å²) >= 11 is 0. The van der Waals surface area contributed by atoms with Gasteiger partial charge in [-0.05, 0) is 51.6 Å². The summed E-state index contributed by atoms with van der Waals surface area (Å²) in [6.07, 6.45) is 4.83. The van der Waals surface area contributed by atoms with Gasteiger partial charge in [-0.1, -0.05) is 0 Å². The first kappa shape index (κ1) is 11.4. The zero-order valence-corrected chi connectivity index (χ0v) is 9.82. The largest absolute Gasteiger partial charge is 0.381 e. The molecule has 2 aliphatic rings. The van der Waals surface area contributed by atoms with Crippen LogP contribution in [0.3, 0.4) is 0 Å². The fraction of sp³-hybridized carbons (Fsp3) is 1.00. The van der Waals surface area contributed by atoms with Gasteiger partial charge in [0.25, 0.3) is 0 Å². The number of likely N-dealkylation sites (tertiary alicyclic amines) is 1. The van der Waals surface area contributed by atoms with Gasteiger partial charge in [0.1, 0.15) is 0 Å². The van der Waals surface area contributed by atoms with Crippen molar-refractivity contribution in [1.82, 2.24) is 4.90 Å². The van der Waals surface area contributed by atoms with Gasteiger partial charge < -0.3 is 15.4 Å². The summed E-state index contributed by atoms with van der Waals surface area (Å²) < 4.78 is 5.42. The van der Waals surface area contributed by atoms with E-state index in [2.05, 4.69) is 11.8 Å². The summed E-state index contributed by atoms with van der Waals surface area (Å²) in [6.45, 7) is 6.69. The summed E-state index contributed by atoms with van der Waals surface area (Å²) in [4.78, 5) is 2.62. The maximum absolute atomic E-state index is 5.93. The summed E-state index contributed by atoms with van der Waals surface area (Å²) in [6, 6.07) is 1.17. The second-order valence-electron chi connectivity index (χ2n) is 5.06. The van der Waals surface area contributed by atoms with Crippen molar-refractivity contribution in [2.75, 3.05) is 26.3 Å². The first-order valence-electron chi connectivity index (χ1n) is 6.35. The highest BCUT2D eigenvalue weighted by Crippen LogP contribution is 2.24. The Labute approximate surface area is 93.0 Å². The average Bonchev–Trinajstić information content (AvgIpc) is 2.30. The standard InChI is InChI=1S/C12H24N2O/c1-10(11-4-8-15-9-5-11)14-6-2-12(13)3-7-14/h10-12H,2-9,13H2,1H3. The molecule has 0 aromatic rings. The number of hydrogen-bond acceptors (Lipinski definition) is 3. The number of rotatable bonds is 2. The normalized spacial score (nSPS) is 29.2. The minimum atomic E-state index is 0.447. The Morgan fingerprint density at radius 1 is 1.13 bits per heavy atom. The van der Waals surface area contributed by atoms with Gasteiger partial charge in [0, 0.05) is 25.3 Å². The van der Waals surface area contributed by atoms with E-state index in [4.69, 9.17) is 10.5 Å². The minimum Gasteiger partial charge on any atom is -0.381 e. The zero-order valence-electron chi connectivity index (χ0n) is 9.82. The molecule has 2 aliphatic heterocycles. The molecular formula is C12H24N2O. The molecule has 0 aliphatic carbocycles. The van der Waals surface area contributed by atoms with E-state index in [0.29, 0.717) is 6.04 Å². The summed E-state index contributed by atoms with van der Waals surface area (Å²) in [5.41, 5.74) is 5.93. The van der Waals surface area contributed by atoms with Gasteiger partial charge >= 0.3 is 0 Å². The van der Waals surface area contributed by atoms with Crippen molar-refractivity contribution in [2.24, 2.45) is 11.7 Å². The van der Waals surface area contributed by atoms with Gasteiger partial charge in [0.05, 0.1) is 0 Å². The van der Waals surface area contributed by atoms with Crippen molar-refractivity contribution in [1.29, 1.82) is 0 Å². The second-order valence-corrected chi connectivity index (χ2v) is 5.06. The molecule has 2 saturated heterocycles. The van der Waals surface area contributed by atoms with Gasteiger partial charge in [-0.3, -0.25) is 0 Å². The van der Waals surface area contributed by atoms with Crippen molar-refractivity contribution in [3.63, 3.8) is 0 Å². The first-order chi connectivity index (χ1) is 7.27. The summed E-state index contributed by atoms with van der Waals surface area (Å²) in [5, 5.41) is 0. The van der Waals surface area contributed by atoms with Crippen molar-refractivity contribution < 1.29 is 4.74 Å². The molecule has 3 nitrogen and oxygen atoms in total. The quantitative estimate of drug-likeness (QED) is 0.748. The number of nitrogens with two attached hydrogens (primary N) is 1. The Bertz CT molecular complexity index is 184. The molecule has 1 atom stereocenters. The predicted octanol–water partition coefficient (Wildman–Crippen LogP) is 1.22. The van der Waals surface area contributed by atoms with Crippen LogP contribution in [0, 0.1) is 5.92 Å². The molecule has 2 fully saturated rings. The van der Waals surface area contributed by atoms with Crippen molar-refractivity contribution in [2.45, 2.75) is 44.7 Å². The molecule has 88 valence electrons. The number of nitrogens with zero attached hydrogens (tertiary/aromatic N) is 1. The van der Waals surface area contributed by atoms with Gasteiger partial charge in [-0.25, -0.2) is 0 Å². The summed E-state index contributed by atoms with van der Waals surface area (Å²) in [5.74, 6) is 0.841. The fourth-order valence-corrected chi connectivity index (χ4v) is 2.82. The Hall–Kier alpha value is -0.120. The minimum absolute atomic E-state index is 0.447. The topological polar surface area (TPSA) is 38.5 Å². The van der Waals surface area contributed by atoms with Crippen LogP contribution in [-0.4, -0.2) is 43.3 Å². The Balaban J connectivity index is 1.81. The smallest absolute Gasteiger partial charge is 0.0469 e. The summed E-state index contributed by atoms with van der Waals surface area (Å²) in [7, 11) is 0. The monoisotopic (exact) mass is 212 g/mol. The van der Waals surface area contributed by atoms with Crippen LogP contribution in [-0.2, 0) is 4.74 Å². The SMILES string of the molecule is CC(C1CCOCC1)N1CCC(N)CC1. The molecule has 15 heavy (non-hydrogen) atoms. The van der Waals surface area contributed by atoms with E-state index in [1.165, 1.54) is 38.8 Å². The van der Waals surface area contributed by atoms with E-state index in [9.17, 15) is 0 Å². The van der Waals surface area contributed by atoms with E-state index in [-0.39, 0.29) is 0 Å². The highest BCUT2D eigenvalue weighted by atomic mass is 16.5. The van der Waals surface area contributed by atoms with Crippen molar-refractivity contribution in [3.05, 3.63) is 0 Å². The molecule has 0 bridgehead atoms. The number of ether oxygens (including phenoxy) is 1. The van der Waals surface area contributed by atoms with Gasteiger partial charge in [0.15, 0.2) is 0 Å². The molecule has 2 heterocycles. The molecule has 0 aromatic heterocycles. The molecule has 3 heteroatoms. The van der Waals surface area contributed by atoms with Crippen LogP contribution in [0.15, 0.2) is 0 Å². The Morgan fingerprint density at radius 3 is 2.33 bits per heavy atom. The number of piperidine rings is 1. The van der Waals surface area contributed by atoms with E-state index in [0.717, 1.165) is 25.2 Å². The van der Waals surface area contributed by atoms with Crippen LogP contribution >= 0.6 is 0 Å². The Kier molecular flexibility index (Phi) is 4.00. The van der Waals surface area contributed by atoms with Crippen LogP contribution in [0.4, 0.5) is 0 Å². The van der Waals surface area contributed by atoms with Crippen molar-refractivity contribution >= 4 is 0 Å². The van der Waals surface area contributed by atoms with E-state index in [1.54, 1.807) is 0 Å². The third-order valence-corrected chi connectivity index (χ3v) is 4.10. The maximum atomic E-state index is 5.93. The molecule has 0 aromatic carbocycles. The van der Waals surface area contributed by atoms with Crippen LogP contribution in [0.5, 0.6) is 0 Å². The van der Waals surface area contributed by atoms with Crippen LogP contribution < -0.4 is 5.73 Å². The first-order valence-corrected chi connectivity index (χ1v) is 6.35. The maximum Gasteiger partial charge on any atom is 0.0469 e. The van der Waals surface area contributed by atoms with Gasteiger partial charge in [-0.2, -0.15) is 0 Å². The predicted molar refractivity (Wildman–Crippen MR) is 61.8 cm³/mol. The lowest BCUT2D eigenvalue weighted by atomic mass is 9.90.